The predicted molar refractivity (Wildman–Crippen MR) is 78.4 cm³/mol. The molecule has 0 unspecified atom stereocenters. The number of nitro groups is 1. The maximum absolute atomic E-state index is 12.2. The minimum Gasteiger partial charge on any atom is -0.392 e. The quantitative estimate of drug-likeness (QED) is 0.671. The molecule has 7 heteroatoms. The van der Waals surface area contributed by atoms with Crippen LogP contribution in [0.4, 0.5) is 11.4 Å². The average molecular weight is 307 g/mol. The van der Waals surface area contributed by atoms with Crippen LogP contribution < -0.4 is 5.32 Å². The van der Waals surface area contributed by atoms with Crippen molar-refractivity contribution in [2.75, 3.05) is 5.32 Å². The Morgan fingerprint density at radius 3 is 2.67 bits per heavy atom. The van der Waals surface area contributed by atoms with Crippen LogP contribution in [0.1, 0.15) is 15.9 Å². The van der Waals surface area contributed by atoms with E-state index in [0.29, 0.717) is 11.3 Å². The lowest BCUT2D eigenvalue weighted by Crippen LogP contribution is -2.14. The first-order valence-electron chi connectivity index (χ1n) is 5.97. The molecule has 0 heterocycles. The second kappa shape index (κ2) is 6.34. The summed E-state index contributed by atoms with van der Waals surface area (Å²) in [7, 11) is 0. The van der Waals surface area contributed by atoms with Crippen molar-refractivity contribution in [3.8, 4) is 0 Å². The van der Waals surface area contributed by atoms with Crippen LogP contribution in [-0.2, 0) is 6.61 Å². The van der Waals surface area contributed by atoms with Gasteiger partial charge < -0.3 is 10.4 Å². The van der Waals surface area contributed by atoms with Crippen molar-refractivity contribution >= 4 is 28.9 Å². The first kappa shape index (κ1) is 15.0. The number of nitro benzene ring substituents is 1. The van der Waals surface area contributed by atoms with Crippen LogP contribution in [0.5, 0.6) is 0 Å². The Labute approximate surface area is 125 Å². The number of carbonyl (C=O) groups excluding carboxylic acids is 1. The van der Waals surface area contributed by atoms with E-state index >= 15 is 0 Å². The normalized spacial score (nSPS) is 10.2. The van der Waals surface area contributed by atoms with Crippen LogP contribution in [-0.4, -0.2) is 15.9 Å². The van der Waals surface area contributed by atoms with Crippen LogP contribution in [0, 0.1) is 10.1 Å². The van der Waals surface area contributed by atoms with Crippen molar-refractivity contribution in [1.82, 2.24) is 0 Å². The Hall–Kier alpha value is -2.44. The van der Waals surface area contributed by atoms with Gasteiger partial charge in [0.15, 0.2) is 0 Å². The Kier molecular flexibility index (Phi) is 4.52. The van der Waals surface area contributed by atoms with Gasteiger partial charge in [0.25, 0.3) is 11.6 Å². The standard InChI is InChI=1S/C14H11ClN2O4/c15-11-5-2-6-12(17(20)21)13(11)14(19)16-10-4-1-3-9(7-10)8-18/h1-7,18H,8H2,(H,16,19). The summed E-state index contributed by atoms with van der Waals surface area (Å²) < 4.78 is 0. The van der Waals surface area contributed by atoms with Gasteiger partial charge in [0, 0.05) is 11.8 Å². The number of hydrogen-bond acceptors (Lipinski definition) is 4. The van der Waals surface area contributed by atoms with Gasteiger partial charge in [-0.3, -0.25) is 14.9 Å². The van der Waals surface area contributed by atoms with E-state index in [2.05, 4.69) is 5.32 Å². The molecule has 0 radical (unpaired) electrons. The highest BCUT2D eigenvalue weighted by Gasteiger charge is 2.23. The summed E-state index contributed by atoms with van der Waals surface area (Å²) in [5, 5.41) is 22.5. The van der Waals surface area contributed by atoms with Gasteiger partial charge in [-0.05, 0) is 23.8 Å². The van der Waals surface area contributed by atoms with E-state index in [9.17, 15) is 14.9 Å². The molecule has 0 aliphatic heterocycles. The van der Waals surface area contributed by atoms with Crippen LogP contribution >= 0.6 is 11.6 Å². The summed E-state index contributed by atoms with van der Waals surface area (Å²) in [5.74, 6) is -0.678. The fourth-order valence-electron chi connectivity index (χ4n) is 1.83. The van der Waals surface area contributed by atoms with Gasteiger partial charge in [0.1, 0.15) is 5.56 Å². The van der Waals surface area contributed by atoms with Gasteiger partial charge in [-0.25, -0.2) is 0 Å². The summed E-state index contributed by atoms with van der Waals surface area (Å²) in [6.07, 6.45) is 0. The first-order chi connectivity index (χ1) is 10.0. The molecule has 2 N–H and O–H groups in total. The molecular formula is C14H11ClN2O4. The van der Waals surface area contributed by atoms with E-state index in [-0.39, 0.29) is 22.9 Å². The van der Waals surface area contributed by atoms with Gasteiger partial charge in [0.2, 0.25) is 0 Å². The number of nitrogens with zero attached hydrogens (tertiary/aromatic N) is 1. The van der Waals surface area contributed by atoms with Gasteiger partial charge in [-0.15, -0.1) is 0 Å². The Morgan fingerprint density at radius 1 is 1.29 bits per heavy atom. The third-order valence-electron chi connectivity index (χ3n) is 2.78. The number of rotatable bonds is 4. The maximum atomic E-state index is 12.2. The molecule has 108 valence electrons. The lowest BCUT2D eigenvalue weighted by molar-refractivity contribution is -0.385. The van der Waals surface area contributed by atoms with E-state index in [4.69, 9.17) is 16.7 Å². The molecule has 21 heavy (non-hydrogen) atoms. The van der Waals surface area contributed by atoms with Crippen LogP contribution in [0.3, 0.4) is 0 Å². The zero-order valence-corrected chi connectivity index (χ0v) is 11.5. The Morgan fingerprint density at radius 2 is 2.00 bits per heavy atom. The van der Waals surface area contributed by atoms with Crippen LogP contribution in [0.2, 0.25) is 5.02 Å². The lowest BCUT2D eigenvalue weighted by atomic mass is 10.1. The van der Waals surface area contributed by atoms with Crippen molar-refractivity contribution in [2.24, 2.45) is 0 Å². The van der Waals surface area contributed by atoms with E-state index in [1.807, 2.05) is 0 Å². The number of amides is 1. The van der Waals surface area contributed by atoms with Crippen molar-refractivity contribution in [1.29, 1.82) is 0 Å². The number of hydrogen-bond donors (Lipinski definition) is 2. The van der Waals surface area contributed by atoms with E-state index < -0.39 is 10.8 Å². The minimum atomic E-state index is -0.678. The van der Waals surface area contributed by atoms with Gasteiger partial charge >= 0.3 is 0 Å². The van der Waals surface area contributed by atoms with Crippen molar-refractivity contribution in [3.63, 3.8) is 0 Å². The van der Waals surface area contributed by atoms with Crippen molar-refractivity contribution in [2.45, 2.75) is 6.61 Å². The zero-order valence-electron chi connectivity index (χ0n) is 10.7. The monoisotopic (exact) mass is 306 g/mol. The summed E-state index contributed by atoms with van der Waals surface area (Å²) in [4.78, 5) is 22.5. The number of anilines is 1. The molecule has 2 rings (SSSR count). The number of nitrogens with one attached hydrogen (secondary N) is 1. The molecule has 2 aromatic rings. The highest BCUT2D eigenvalue weighted by Crippen LogP contribution is 2.27. The molecule has 6 nitrogen and oxygen atoms in total. The number of halogens is 1. The molecule has 1 amide bonds. The topological polar surface area (TPSA) is 92.5 Å². The SMILES string of the molecule is O=C(Nc1cccc(CO)c1)c1c(Cl)cccc1[N+](=O)[O-]. The van der Waals surface area contributed by atoms with Crippen molar-refractivity contribution < 1.29 is 14.8 Å². The van der Waals surface area contributed by atoms with Gasteiger partial charge in [-0.1, -0.05) is 29.8 Å². The summed E-state index contributed by atoms with van der Waals surface area (Å²) >= 11 is 5.89. The number of aliphatic hydroxyl groups is 1. The lowest BCUT2D eigenvalue weighted by Gasteiger charge is -2.08. The fourth-order valence-corrected chi connectivity index (χ4v) is 2.09. The summed E-state index contributed by atoms with van der Waals surface area (Å²) in [5.41, 5.74) is 0.471. The molecule has 0 bridgehead atoms. The summed E-state index contributed by atoms with van der Waals surface area (Å²) in [6.45, 7) is -0.171. The molecule has 0 saturated carbocycles. The Bertz CT molecular complexity index is 703. The summed E-state index contributed by atoms with van der Waals surface area (Å²) in [6, 6.07) is 10.6. The third kappa shape index (κ3) is 3.36. The maximum Gasteiger partial charge on any atom is 0.283 e. The largest absolute Gasteiger partial charge is 0.392 e. The molecule has 0 aliphatic carbocycles. The smallest absolute Gasteiger partial charge is 0.283 e. The van der Waals surface area contributed by atoms with Crippen LogP contribution in [0.25, 0.3) is 0 Å². The molecule has 0 saturated heterocycles. The second-order valence-corrected chi connectivity index (χ2v) is 4.61. The predicted octanol–water partition coefficient (Wildman–Crippen LogP) is 2.99. The van der Waals surface area contributed by atoms with Gasteiger partial charge in [-0.2, -0.15) is 0 Å². The van der Waals surface area contributed by atoms with Crippen molar-refractivity contribution in [3.05, 3.63) is 68.7 Å². The minimum absolute atomic E-state index is 0.0000118. The van der Waals surface area contributed by atoms with Crippen LogP contribution in [0.15, 0.2) is 42.5 Å². The van der Waals surface area contributed by atoms with E-state index in [1.54, 1.807) is 24.3 Å². The molecule has 0 spiro atoms. The first-order valence-corrected chi connectivity index (χ1v) is 6.34. The fraction of sp³-hybridized carbons (Fsp3) is 0.0714. The number of benzene rings is 2. The highest BCUT2D eigenvalue weighted by atomic mass is 35.5. The van der Waals surface area contributed by atoms with E-state index in [0.717, 1.165) is 0 Å². The van der Waals surface area contributed by atoms with Gasteiger partial charge in [0.05, 0.1) is 16.6 Å². The molecule has 0 fully saturated rings. The Balaban J connectivity index is 2.34. The molecule has 0 atom stereocenters. The molecule has 0 aliphatic rings. The number of carbonyl (C=O) groups is 1. The molecule has 2 aromatic carbocycles. The molecule has 0 aromatic heterocycles. The average Bonchev–Trinajstić information content (AvgIpc) is 2.46. The highest BCUT2D eigenvalue weighted by molar-refractivity contribution is 6.35. The van der Waals surface area contributed by atoms with E-state index in [1.165, 1.54) is 18.2 Å². The third-order valence-corrected chi connectivity index (χ3v) is 3.10. The number of aliphatic hydroxyl groups excluding tert-OH is 1. The zero-order chi connectivity index (χ0) is 15.4. The molecular weight excluding hydrogens is 296 g/mol. The second-order valence-electron chi connectivity index (χ2n) is 4.20.